The third-order valence-corrected chi connectivity index (χ3v) is 7.65. The number of methoxy groups -OCH3 is 2. The van der Waals surface area contributed by atoms with Crippen molar-refractivity contribution in [1.29, 1.82) is 0 Å². The first-order valence-corrected chi connectivity index (χ1v) is 14.3. The van der Waals surface area contributed by atoms with Gasteiger partial charge in [0.1, 0.15) is 13.2 Å². The number of esters is 1. The Hall–Kier alpha value is -4.25. The van der Waals surface area contributed by atoms with E-state index in [-0.39, 0.29) is 27.8 Å². The molecule has 0 saturated carbocycles. The molecule has 1 saturated heterocycles. The lowest BCUT2D eigenvalue weighted by Gasteiger charge is -2.16. The highest BCUT2D eigenvalue weighted by Crippen LogP contribution is 2.37. The van der Waals surface area contributed by atoms with Crippen LogP contribution in [0.5, 0.6) is 11.5 Å². The largest absolute Gasteiger partial charge is 0.493 e. The van der Waals surface area contributed by atoms with Crippen LogP contribution < -0.4 is 14.8 Å². The Morgan fingerprint density at radius 1 is 1.05 bits per heavy atom. The van der Waals surface area contributed by atoms with Gasteiger partial charge in [0.05, 0.1) is 29.7 Å². The second kappa shape index (κ2) is 14.3. The fraction of sp³-hybridized carbons (Fsp3) is 0.161. The molecule has 3 aromatic carbocycles. The van der Waals surface area contributed by atoms with Gasteiger partial charge in [0.2, 0.25) is 5.91 Å². The third kappa shape index (κ3) is 7.78. The van der Waals surface area contributed by atoms with Crippen molar-refractivity contribution in [2.75, 3.05) is 26.1 Å². The number of benzene rings is 3. The topological polar surface area (TPSA) is 111 Å². The Morgan fingerprint density at radius 3 is 2.47 bits per heavy atom. The summed E-state index contributed by atoms with van der Waals surface area (Å²) in [6, 6.07) is 15.1. The summed E-state index contributed by atoms with van der Waals surface area (Å²) in [7, 11) is 2.71. The Labute approximate surface area is 262 Å². The predicted octanol–water partition coefficient (Wildman–Crippen LogP) is 6.77. The fourth-order valence-corrected chi connectivity index (χ4v) is 5.29. The number of hydrogen-bond donors (Lipinski definition) is 1. The van der Waals surface area contributed by atoms with Crippen molar-refractivity contribution in [3.05, 3.63) is 104 Å². The highest BCUT2D eigenvalue weighted by atomic mass is 35.5. The molecule has 0 aliphatic carbocycles. The average Bonchev–Trinajstić information content (AvgIpc) is 3.24. The van der Waals surface area contributed by atoms with Crippen LogP contribution in [0.3, 0.4) is 0 Å². The molecule has 0 radical (unpaired) electrons. The molecule has 12 heteroatoms. The Kier molecular flexibility index (Phi) is 10.5. The number of halogens is 2. The average molecular weight is 642 g/mol. The first-order valence-electron chi connectivity index (χ1n) is 12.8. The van der Waals surface area contributed by atoms with Crippen molar-refractivity contribution in [3.63, 3.8) is 0 Å². The molecule has 0 aromatic heterocycles. The first kappa shape index (κ1) is 31.7. The molecule has 1 aliphatic heterocycles. The Bertz CT molecular complexity index is 1620. The summed E-state index contributed by atoms with van der Waals surface area (Å²) in [6.07, 6.45) is 3.73. The monoisotopic (exact) mass is 640 g/mol. The number of carbonyl (C=O) groups is 4. The summed E-state index contributed by atoms with van der Waals surface area (Å²) in [5.74, 6) is -0.974. The van der Waals surface area contributed by atoms with Crippen molar-refractivity contribution in [3.8, 4) is 11.5 Å². The third-order valence-electron chi connectivity index (χ3n) is 6.16. The summed E-state index contributed by atoms with van der Waals surface area (Å²) < 4.78 is 16.4. The molecule has 1 heterocycles. The quantitative estimate of drug-likeness (QED) is 0.139. The second-order valence-electron chi connectivity index (χ2n) is 9.12. The van der Waals surface area contributed by atoms with Crippen LogP contribution in [0.2, 0.25) is 10.0 Å². The molecule has 1 N–H and O–H groups in total. The van der Waals surface area contributed by atoms with E-state index in [4.69, 9.17) is 32.7 Å². The maximum absolute atomic E-state index is 13.1. The lowest BCUT2D eigenvalue weighted by atomic mass is 10.0. The standard InChI is InChI=1S/C31H26Cl2N2O7S/c1-4-5-20-12-19(13-25(40-2)28(20)42-17-18-6-8-21(32)9-7-18)14-26-29(37)35(31(39)43-26)16-27(36)34-22-10-11-24(33)23(15-22)30(38)41-3/h4,6-15H,1,5,16-17H2,2-3H3,(H,34,36)/b26-14-. The molecule has 0 unspecified atom stereocenters. The van der Waals surface area contributed by atoms with Gasteiger partial charge in [-0.15, -0.1) is 6.58 Å². The van der Waals surface area contributed by atoms with Gasteiger partial charge in [-0.25, -0.2) is 4.79 Å². The number of anilines is 1. The van der Waals surface area contributed by atoms with Crippen LogP contribution >= 0.6 is 35.0 Å². The number of hydrogen-bond acceptors (Lipinski definition) is 8. The van der Waals surface area contributed by atoms with E-state index in [1.807, 2.05) is 18.2 Å². The molecule has 1 aliphatic rings. The number of nitrogens with one attached hydrogen (secondary N) is 1. The molecule has 0 spiro atoms. The van der Waals surface area contributed by atoms with Gasteiger partial charge in [-0.05, 0) is 77.9 Å². The van der Waals surface area contributed by atoms with Crippen LogP contribution in [0.1, 0.15) is 27.0 Å². The minimum atomic E-state index is -0.675. The van der Waals surface area contributed by atoms with Crippen LogP contribution in [-0.4, -0.2) is 48.7 Å². The number of ether oxygens (including phenoxy) is 3. The van der Waals surface area contributed by atoms with Gasteiger partial charge in [0.25, 0.3) is 11.1 Å². The highest BCUT2D eigenvalue weighted by molar-refractivity contribution is 8.18. The fourth-order valence-electron chi connectivity index (χ4n) is 4.13. The lowest BCUT2D eigenvalue weighted by molar-refractivity contribution is -0.127. The van der Waals surface area contributed by atoms with Crippen LogP contribution in [0.15, 0.2) is 72.2 Å². The summed E-state index contributed by atoms with van der Waals surface area (Å²) in [5.41, 5.74) is 2.58. The number of nitrogens with zero attached hydrogens (tertiary/aromatic N) is 1. The van der Waals surface area contributed by atoms with Gasteiger partial charge in [0.15, 0.2) is 11.5 Å². The number of rotatable bonds is 11. The van der Waals surface area contributed by atoms with Crippen LogP contribution in [0.25, 0.3) is 6.08 Å². The zero-order valence-electron chi connectivity index (χ0n) is 23.1. The molecular weight excluding hydrogens is 615 g/mol. The maximum atomic E-state index is 13.1. The lowest BCUT2D eigenvalue weighted by Crippen LogP contribution is -2.36. The molecule has 3 aromatic rings. The summed E-state index contributed by atoms with van der Waals surface area (Å²) in [5, 5.41) is 2.74. The van der Waals surface area contributed by atoms with E-state index in [0.717, 1.165) is 27.8 Å². The number of thioether (sulfide) groups is 1. The van der Waals surface area contributed by atoms with Crippen LogP contribution in [0.4, 0.5) is 10.5 Å². The van der Waals surface area contributed by atoms with E-state index in [1.54, 1.807) is 30.4 Å². The van der Waals surface area contributed by atoms with Gasteiger partial charge in [-0.1, -0.05) is 41.4 Å². The van der Waals surface area contributed by atoms with Crippen molar-refractivity contribution >= 4 is 69.8 Å². The van der Waals surface area contributed by atoms with Gasteiger partial charge < -0.3 is 19.5 Å². The number of amides is 3. The minimum Gasteiger partial charge on any atom is -0.493 e. The zero-order chi connectivity index (χ0) is 31.1. The van der Waals surface area contributed by atoms with Crippen molar-refractivity contribution in [2.45, 2.75) is 13.0 Å². The molecule has 222 valence electrons. The molecule has 1 fully saturated rings. The molecule has 0 bridgehead atoms. The number of carbonyl (C=O) groups excluding carboxylic acids is 4. The second-order valence-corrected chi connectivity index (χ2v) is 11.0. The van der Waals surface area contributed by atoms with E-state index in [0.29, 0.717) is 28.5 Å². The Morgan fingerprint density at radius 2 is 1.79 bits per heavy atom. The van der Waals surface area contributed by atoms with E-state index in [1.165, 1.54) is 32.4 Å². The highest BCUT2D eigenvalue weighted by Gasteiger charge is 2.36. The summed E-state index contributed by atoms with van der Waals surface area (Å²) in [6.45, 7) is 3.57. The number of imide groups is 1. The number of allylic oxidation sites excluding steroid dienone is 1. The van der Waals surface area contributed by atoms with E-state index < -0.39 is 29.6 Å². The van der Waals surface area contributed by atoms with Crippen molar-refractivity contribution in [1.82, 2.24) is 4.90 Å². The summed E-state index contributed by atoms with van der Waals surface area (Å²) >= 11 is 12.7. The van der Waals surface area contributed by atoms with Crippen LogP contribution in [-0.2, 0) is 27.4 Å². The summed E-state index contributed by atoms with van der Waals surface area (Å²) in [4.78, 5) is 51.4. The normalized spacial score (nSPS) is 13.7. The maximum Gasteiger partial charge on any atom is 0.339 e. The van der Waals surface area contributed by atoms with E-state index in [9.17, 15) is 19.2 Å². The van der Waals surface area contributed by atoms with Gasteiger partial charge in [-0.3, -0.25) is 19.3 Å². The SMILES string of the molecule is C=CCc1cc(/C=C2\SC(=O)N(CC(=O)Nc3ccc(Cl)c(C(=O)OC)c3)C2=O)cc(OC)c1OCc1ccc(Cl)cc1. The van der Waals surface area contributed by atoms with Gasteiger partial charge in [-0.2, -0.15) is 0 Å². The smallest absolute Gasteiger partial charge is 0.339 e. The molecule has 0 atom stereocenters. The van der Waals surface area contributed by atoms with E-state index >= 15 is 0 Å². The van der Waals surface area contributed by atoms with Gasteiger partial charge in [0, 0.05) is 16.3 Å². The van der Waals surface area contributed by atoms with Crippen molar-refractivity contribution < 1.29 is 33.4 Å². The molecule has 9 nitrogen and oxygen atoms in total. The minimum absolute atomic E-state index is 0.0590. The molecule has 43 heavy (non-hydrogen) atoms. The predicted molar refractivity (Wildman–Crippen MR) is 167 cm³/mol. The van der Waals surface area contributed by atoms with Crippen molar-refractivity contribution in [2.24, 2.45) is 0 Å². The molecule has 4 rings (SSSR count). The van der Waals surface area contributed by atoms with Gasteiger partial charge >= 0.3 is 5.97 Å². The molecular formula is C31H26Cl2N2O7S. The zero-order valence-corrected chi connectivity index (χ0v) is 25.5. The Balaban J connectivity index is 1.50. The molecule has 3 amide bonds. The first-order chi connectivity index (χ1) is 20.6. The van der Waals surface area contributed by atoms with E-state index in [2.05, 4.69) is 16.6 Å². The van der Waals surface area contributed by atoms with Crippen LogP contribution in [0, 0.1) is 0 Å².